The normalized spacial score (nSPS) is 10.7. The lowest BCUT2D eigenvalue weighted by molar-refractivity contribution is -0.121. The third-order valence-corrected chi connectivity index (χ3v) is 3.74. The molecule has 0 bridgehead atoms. The molecule has 3 rings (SSSR count). The summed E-state index contributed by atoms with van der Waals surface area (Å²) in [4.78, 5) is 40.6. The lowest BCUT2D eigenvalue weighted by Gasteiger charge is -2.11. The summed E-state index contributed by atoms with van der Waals surface area (Å²) in [6.45, 7) is 0.124. The van der Waals surface area contributed by atoms with Gasteiger partial charge in [0.15, 0.2) is 5.65 Å². The highest BCUT2D eigenvalue weighted by atomic mass is 16.2. The van der Waals surface area contributed by atoms with Crippen LogP contribution in [0.2, 0.25) is 0 Å². The van der Waals surface area contributed by atoms with Crippen LogP contribution in [-0.4, -0.2) is 20.0 Å². The van der Waals surface area contributed by atoms with Crippen LogP contribution in [0.15, 0.2) is 58.3 Å². The average molecular weight is 324 g/mol. The Bertz CT molecular complexity index is 1010. The number of hydrogen-bond donors (Lipinski definition) is 1. The van der Waals surface area contributed by atoms with Crippen molar-refractivity contribution >= 4 is 17.1 Å². The molecular formula is C17H16N4O3. The van der Waals surface area contributed by atoms with E-state index in [1.54, 1.807) is 12.1 Å². The van der Waals surface area contributed by atoms with Gasteiger partial charge in [0.2, 0.25) is 5.91 Å². The van der Waals surface area contributed by atoms with Crippen molar-refractivity contribution in [3.63, 3.8) is 0 Å². The fourth-order valence-electron chi connectivity index (χ4n) is 2.48. The molecule has 0 aliphatic carbocycles. The summed E-state index contributed by atoms with van der Waals surface area (Å²) >= 11 is 0. The Morgan fingerprint density at radius 2 is 1.83 bits per heavy atom. The predicted molar refractivity (Wildman–Crippen MR) is 89.5 cm³/mol. The molecule has 2 aromatic heterocycles. The molecule has 2 heterocycles. The van der Waals surface area contributed by atoms with E-state index in [2.05, 4.69) is 10.3 Å². The summed E-state index contributed by atoms with van der Waals surface area (Å²) in [5, 5.41) is 2.75. The van der Waals surface area contributed by atoms with E-state index in [0.29, 0.717) is 17.7 Å². The van der Waals surface area contributed by atoms with E-state index >= 15 is 0 Å². The van der Waals surface area contributed by atoms with Gasteiger partial charge < -0.3 is 5.32 Å². The van der Waals surface area contributed by atoms with E-state index in [4.69, 9.17) is 0 Å². The van der Waals surface area contributed by atoms with E-state index in [0.717, 1.165) is 10.1 Å². The fourth-order valence-corrected chi connectivity index (χ4v) is 2.48. The van der Waals surface area contributed by atoms with E-state index in [1.165, 1.54) is 17.8 Å². The molecule has 1 aromatic carbocycles. The summed E-state index contributed by atoms with van der Waals surface area (Å²) in [5.41, 5.74) is 0.302. The van der Waals surface area contributed by atoms with Gasteiger partial charge in [0.1, 0.15) is 6.54 Å². The van der Waals surface area contributed by atoms with E-state index in [9.17, 15) is 14.4 Å². The molecule has 0 saturated heterocycles. The Hall–Kier alpha value is -3.22. The fraction of sp³-hybridized carbons (Fsp3) is 0.176. The first kappa shape index (κ1) is 15.7. The smallest absolute Gasteiger partial charge is 0.317 e. The monoisotopic (exact) mass is 324 g/mol. The molecule has 0 spiro atoms. The molecule has 0 aliphatic rings. The molecule has 3 aromatic rings. The Labute approximate surface area is 137 Å². The van der Waals surface area contributed by atoms with Crippen LogP contribution in [0, 0.1) is 0 Å². The van der Waals surface area contributed by atoms with Gasteiger partial charge in [-0.05, 0) is 17.7 Å². The molecule has 7 heteroatoms. The van der Waals surface area contributed by atoms with Gasteiger partial charge in [-0.15, -0.1) is 0 Å². The zero-order valence-corrected chi connectivity index (χ0v) is 13.1. The Morgan fingerprint density at radius 1 is 1.08 bits per heavy atom. The molecule has 0 fully saturated rings. The lowest BCUT2D eigenvalue weighted by atomic mass is 10.2. The second kappa shape index (κ2) is 6.49. The van der Waals surface area contributed by atoms with Gasteiger partial charge in [0, 0.05) is 19.8 Å². The molecule has 1 N–H and O–H groups in total. The van der Waals surface area contributed by atoms with Crippen LogP contribution in [-0.2, 0) is 24.9 Å². The molecule has 0 aliphatic heterocycles. The van der Waals surface area contributed by atoms with Crippen molar-refractivity contribution in [2.75, 3.05) is 0 Å². The highest BCUT2D eigenvalue weighted by Gasteiger charge is 2.14. The van der Waals surface area contributed by atoms with Crippen LogP contribution in [0.1, 0.15) is 5.56 Å². The maximum atomic E-state index is 12.2. The third kappa shape index (κ3) is 2.96. The van der Waals surface area contributed by atoms with Gasteiger partial charge in [-0.3, -0.25) is 23.5 Å². The van der Waals surface area contributed by atoms with Crippen molar-refractivity contribution in [3.05, 3.63) is 74.9 Å². The average Bonchev–Trinajstić information content (AvgIpc) is 2.62. The van der Waals surface area contributed by atoms with Gasteiger partial charge >= 0.3 is 11.1 Å². The lowest BCUT2D eigenvalue weighted by Crippen LogP contribution is -2.43. The van der Waals surface area contributed by atoms with Gasteiger partial charge in [0.25, 0.3) is 0 Å². The number of carbonyl (C=O) groups is 1. The number of hydrogen-bond acceptors (Lipinski definition) is 4. The van der Waals surface area contributed by atoms with Crippen LogP contribution >= 0.6 is 0 Å². The number of benzene rings is 1. The number of nitrogens with zero attached hydrogens (tertiary/aromatic N) is 3. The summed E-state index contributed by atoms with van der Waals surface area (Å²) in [5.74, 6) is -0.348. The molecule has 1 amide bonds. The minimum absolute atomic E-state index is 0.232. The quantitative estimate of drug-likeness (QED) is 0.704. The summed E-state index contributed by atoms with van der Waals surface area (Å²) < 4.78 is 2.35. The number of amides is 1. The first-order chi connectivity index (χ1) is 11.6. The number of carbonyl (C=O) groups excluding carboxylic acids is 1. The molecular weight excluding hydrogens is 308 g/mol. The Balaban J connectivity index is 1.89. The second-order valence-electron chi connectivity index (χ2n) is 5.36. The van der Waals surface area contributed by atoms with Gasteiger partial charge in [-0.25, -0.2) is 4.98 Å². The van der Waals surface area contributed by atoms with E-state index < -0.39 is 11.1 Å². The zero-order valence-electron chi connectivity index (χ0n) is 13.1. The predicted octanol–water partition coefficient (Wildman–Crippen LogP) is 0.412. The number of pyridine rings is 1. The number of rotatable bonds is 4. The van der Waals surface area contributed by atoms with Crippen LogP contribution in [0.5, 0.6) is 0 Å². The highest BCUT2D eigenvalue weighted by Crippen LogP contribution is 2.06. The molecule has 0 atom stereocenters. The van der Waals surface area contributed by atoms with E-state index in [1.807, 2.05) is 30.3 Å². The molecule has 122 valence electrons. The molecule has 0 unspecified atom stereocenters. The topological polar surface area (TPSA) is 86.0 Å². The maximum Gasteiger partial charge on any atom is 0.317 e. The molecule has 24 heavy (non-hydrogen) atoms. The Morgan fingerprint density at radius 3 is 2.58 bits per heavy atom. The maximum absolute atomic E-state index is 12.2. The van der Waals surface area contributed by atoms with Crippen molar-refractivity contribution in [2.45, 2.75) is 13.1 Å². The number of aryl methyl sites for hydroxylation is 1. The van der Waals surface area contributed by atoms with E-state index in [-0.39, 0.29) is 12.5 Å². The Kier molecular flexibility index (Phi) is 4.24. The summed E-state index contributed by atoms with van der Waals surface area (Å²) in [6.07, 6.45) is 1.53. The molecule has 0 saturated carbocycles. The first-order valence-corrected chi connectivity index (χ1v) is 7.43. The third-order valence-electron chi connectivity index (χ3n) is 3.74. The second-order valence-corrected chi connectivity index (χ2v) is 5.36. The van der Waals surface area contributed by atoms with Crippen molar-refractivity contribution in [3.8, 4) is 0 Å². The van der Waals surface area contributed by atoms with Crippen molar-refractivity contribution in [1.82, 2.24) is 19.4 Å². The molecule has 7 nitrogen and oxygen atoms in total. The summed E-state index contributed by atoms with van der Waals surface area (Å²) in [7, 11) is 1.49. The van der Waals surface area contributed by atoms with Gasteiger partial charge in [-0.1, -0.05) is 30.3 Å². The van der Waals surface area contributed by atoms with Gasteiger partial charge in [0.05, 0.1) is 5.52 Å². The molecule has 0 radical (unpaired) electrons. The van der Waals surface area contributed by atoms with Crippen LogP contribution in [0.4, 0.5) is 0 Å². The number of aromatic nitrogens is 3. The standard InChI is InChI=1S/C17H16N4O3/c1-20-15-13(8-5-9-18-15)21(17(24)16(20)23)11-14(22)19-10-12-6-3-2-4-7-12/h2-9H,10-11H2,1H3,(H,19,22). The van der Waals surface area contributed by atoms with Crippen LogP contribution in [0.3, 0.4) is 0 Å². The minimum atomic E-state index is -0.743. The van der Waals surface area contributed by atoms with Crippen molar-refractivity contribution in [2.24, 2.45) is 7.05 Å². The highest BCUT2D eigenvalue weighted by molar-refractivity contribution is 5.78. The first-order valence-electron chi connectivity index (χ1n) is 7.43. The minimum Gasteiger partial charge on any atom is -0.350 e. The van der Waals surface area contributed by atoms with Crippen LogP contribution < -0.4 is 16.4 Å². The van der Waals surface area contributed by atoms with Crippen molar-refractivity contribution in [1.29, 1.82) is 0 Å². The zero-order chi connectivity index (χ0) is 17.1. The SMILES string of the molecule is Cn1c(=O)c(=O)n(CC(=O)NCc2ccccc2)c2cccnc21. The van der Waals surface area contributed by atoms with Crippen LogP contribution in [0.25, 0.3) is 11.2 Å². The number of fused-ring (bicyclic) bond motifs is 1. The summed E-state index contributed by atoms with van der Waals surface area (Å²) in [6, 6.07) is 12.8. The largest absolute Gasteiger partial charge is 0.350 e. The number of nitrogens with one attached hydrogen (secondary N) is 1. The van der Waals surface area contributed by atoms with Gasteiger partial charge in [-0.2, -0.15) is 0 Å². The van der Waals surface area contributed by atoms with Crippen molar-refractivity contribution < 1.29 is 4.79 Å².